The van der Waals surface area contributed by atoms with Crippen LogP contribution < -0.4 is 0 Å². The predicted molar refractivity (Wildman–Crippen MR) is 130 cm³/mol. The molecular formula is C30H28F2. The van der Waals surface area contributed by atoms with Crippen molar-refractivity contribution in [2.24, 2.45) is 0 Å². The van der Waals surface area contributed by atoms with Crippen molar-refractivity contribution in [2.75, 3.05) is 0 Å². The Morgan fingerprint density at radius 1 is 0.656 bits per heavy atom. The number of hydrogen-bond donors (Lipinski definition) is 0. The molecule has 0 unspecified atom stereocenters. The number of hydrogen-bond acceptors (Lipinski definition) is 0. The highest BCUT2D eigenvalue weighted by Crippen LogP contribution is 2.29. The smallest absolute Gasteiger partial charge is 0.129 e. The normalized spacial score (nSPS) is 12.0. The van der Waals surface area contributed by atoms with Crippen LogP contribution in [-0.4, -0.2) is 0 Å². The molecule has 4 aromatic rings. The first-order chi connectivity index (χ1) is 15.5. The van der Waals surface area contributed by atoms with Crippen molar-refractivity contribution < 1.29 is 8.78 Å². The fraction of sp³-hybridized carbons (Fsp3) is 0.200. The zero-order valence-electron chi connectivity index (χ0n) is 18.6. The van der Waals surface area contributed by atoms with Crippen LogP contribution in [-0.2, 0) is 12.8 Å². The molecule has 0 aromatic heterocycles. The second-order valence-electron chi connectivity index (χ2n) is 8.46. The van der Waals surface area contributed by atoms with Gasteiger partial charge in [-0.05, 0) is 64.3 Å². The Morgan fingerprint density at radius 3 is 1.69 bits per heavy atom. The minimum absolute atomic E-state index is 0.176. The average molecular weight is 427 g/mol. The minimum atomic E-state index is -0.466. The van der Waals surface area contributed by atoms with Gasteiger partial charge in [0.25, 0.3) is 0 Å². The summed E-state index contributed by atoms with van der Waals surface area (Å²) in [6.07, 6.45) is 2.12. The monoisotopic (exact) mass is 426 g/mol. The van der Waals surface area contributed by atoms with Crippen LogP contribution in [0, 0.1) is 11.6 Å². The Bertz CT molecular complexity index is 1140. The van der Waals surface area contributed by atoms with Crippen molar-refractivity contribution in [1.82, 2.24) is 0 Å². The van der Waals surface area contributed by atoms with Crippen LogP contribution in [0.4, 0.5) is 8.78 Å². The fourth-order valence-corrected chi connectivity index (χ4v) is 4.20. The maximum atomic E-state index is 14.3. The molecule has 32 heavy (non-hydrogen) atoms. The first-order valence-electron chi connectivity index (χ1n) is 11.3. The second kappa shape index (κ2) is 9.91. The number of rotatable bonds is 7. The summed E-state index contributed by atoms with van der Waals surface area (Å²) in [5.74, 6) is -0.469. The molecule has 0 heterocycles. The van der Waals surface area contributed by atoms with Crippen LogP contribution in [0.3, 0.4) is 0 Å². The van der Waals surface area contributed by atoms with Gasteiger partial charge >= 0.3 is 0 Å². The van der Waals surface area contributed by atoms with Gasteiger partial charge in [0.2, 0.25) is 0 Å². The lowest BCUT2D eigenvalue weighted by Gasteiger charge is -2.12. The Balaban J connectivity index is 1.48. The van der Waals surface area contributed by atoms with Crippen LogP contribution in [0.1, 0.15) is 42.9 Å². The summed E-state index contributed by atoms with van der Waals surface area (Å²) in [4.78, 5) is 0. The number of halogens is 2. The molecule has 0 fully saturated rings. The van der Waals surface area contributed by atoms with Crippen LogP contribution in [0.5, 0.6) is 0 Å². The Morgan fingerprint density at radius 2 is 1.16 bits per heavy atom. The molecule has 0 saturated heterocycles. The molecule has 0 nitrogen and oxygen atoms in total. The number of benzene rings is 4. The van der Waals surface area contributed by atoms with Gasteiger partial charge in [0.1, 0.15) is 11.6 Å². The first kappa shape index (κ1) is 22.0. The van der Waals surface area contributed by atoms with E-state index >= 15 is 0 Å². The van der Waals surface area contributed by atoms with Crippen molar-refractivity contribution in [3.63, 3.8) is 0 Å². The molecule has 0 N–H and O–H groups in total. The van der Waals surface area contributed by atoms with Gasteiger partial charge in [-0.25, -0.2) is 8.78 Å². The standard InChI is InChI=1S/C30H28F2/c1-3-7-28-29(31)19-27(20-30(28)32)26-16-14-25(15-17-26)24-12-10-22(11-13-24)18-21(2)23-8-5-4-6-9-23/h4-6,8-17,19-21H,3,7,18H2,1-2H3/t21-/m0/s1. The molecule has 0 saturated carbocycles. The lowest BCUT2D eigenvalue weighted by molar-refractivity contribution is 0.554. The van der Waals surface area contributed by atoms with E-state index in [-0.39, 0.29) is 5.56 Å². The highest BCUT2D eigenvalue weighted by molar-refractivity contribution is 5.70. The van der Waals surface area contributed by atoms with E-state index in [9.17, 15) is 8.78 Å². The molecule has 2 heteroatoms. The van der Waals surface area contributed by atoms with Crippen LogP contribution in [0.15, 0.2) is 91.0 Å². The van der Waals surface area contributed by atoms with Gasteiger partial charge < -0.3 is 0 Å². The Labute approximate surface area is 189 Å². The van der Waals surface area contributed by atoms with Gasteiger partial charge in [0, 0.05) is 5.56 Å². The third-order valence-corrected chi connectivity index (χ3v) is 6.06. The van der Waals surface area contributed by atoms with Gasteiger partial charge in [-0.3, -0.25) is 0 Å². The molecule has 0 spiro atoms. The zero-order valence-corrected chi connectivity index (χ0v) is 18.6. The van der Waals surface area contributed by atoms with Crippen LogP contribution in [0.25, 0.3) is 22.3 Å². The second-order valence-corrected chi connectivity index (χ2v) is 8.46. The lowest BCUT2D eigenvalue weighted by atomic mass is 9.92. The molecular weight excluding hydrogens is 398 g/mol. The largest absolute Gasteiger partial charge is 0.207 e. The summed E-state index contributed by atoms with van der Waals surface area (Å²) < 4.78 is 28.6. The van der Waals surface area contributed by atoms with E-state index in [1.54, 1.807) is 0 Å². The van der Waals surface area contributed by atoms with Crippen molar-refractivity contribution in [3.8, 4) is 22.3 Å². The molecule has 0 aliphatic rings. The summed E-state index contributed by atoms with van der Waals surface area (Å²) in [6, 6.07) is 29.9. The van der Waals surface area contributed by atoms with Gasteiger partial charge in [0.05, 0.1) is 0 Å². The van der Waals surface area contributed by atoms with Gasteiger partial charge in [0.15, 0.2) is 0 Å². The van der Waals surface area contributed by atoms with Crippen molar-refractivity contribution in [1.29, 1.82) is 0 Å². The van der Waals surface area contributed by atoms with Gasteiger partial charge in [-0.15, -0.1) is 0 Å². The zero-order chi connectivity index (χ0) is 22.5. The topological polar surface area (TPSA) is 0 Å². The maximum absolute atomic E-state index is 14.3. The van der Waals surface area contributed by atoms with Crippen molar-refractivity contribution in [2.45, 2.75) is 39.0 Å². The van der Waals surface area contributed by atoms with E-state index in [4.69, 9.17) is 0 Å². The van der Waals surface area contributed by atoms with E-state index in [0.29, 0.717) is 24.3 Å². The maximum Gasteiger partial charge on any atom is 0.129 e. The lowest BCUT2D eigenvalue weighted by Crippen LogP contribution is -1.98. The van der Waals surface area contributed by atoms with E-state index in [1.807, 2.05) is 37.3 Å². The molecule has 0 aliphatic heterocycles. The average Bonchev–Trinajstić information content (AvgIpc) is 2.82. The molecule has 0 bridgehead atoms. The van der Waals surface area contributed by atoms with E-state index in [2.05, 4.69) is 55.5 Å². The van der Waals surface area contributed by atoms with Gasteiger partial charge in [-0.2, -0.15) is 0 Å². The minimum Gasteiger partial charge on any atom is -0.207 e. The first-order valence-corrected chi connectivity index (χ1v) is 11.3. The summed E-state index contributed by atoms with van der Waals surface area (Å²) in [5.41, 5.74) is 6.42. The fourth-order valence-electron chi connectivity index (χ4n) is 4.20. The third kappa shape index (κ3) is 4.96. The van der Waals surface area contributed by atoms with E-state index in [0.717, 1.165) is 23.1 Å². The van der Waals surface area contributed by atoms with Crippen LogP contribution in [0.2, 0.25) is 0 Å². The van der Waals surface area contributed by atoms with E-state index < -0.39 is 11.6 Å². The highest BCUT2D eigenvalue weighted by Gasteiger charge is 2.12. The van der Waals surface area contributed by atoms with Crippen molar-refractivity contribution >= 4 is 0 Å². The Kier molecular flexibility index (Phi) is 6.80. The SMILES string of the molecule is CCCc1c(F)cc(-c2ccc(-c3ccc(C[C@H](C)c4ccccc4)cc3)cc2)cc1F. The Hall–Kier alpha value is -3.26. The van der Waals surface area contributed by atoms with Gasteiger partial charge in [-0.1, -0.05) is 99.1 Å². The quantitative estimate of drug-likeness (QED) is 0.277. The van der Waals surface area contributed by atoms with E-state index in [1.165, 1.54) is 23.3 Å². The summed E-state index contributed by atoms with van der Waals surface area (Å²) in [7, 11) is 0. The van der Waals surface area contributed by atoms with Crippen LogP contribution >= 0.6 is 0 Å². The molecule has 0 aliphatic carbocycles. The third-order valence-electron chi connectivity index (χ3n) is 6.06. The molecule has 4 rings (SSSR count). The summed E-state index contributed by atoms with van der Waals surface area (Å²) in [6.45, 7) is 4.17. The van der Waals surface area contributed by atoms with Crippen molar-refractivity contribution in [3.05, 3.63) is 119 Å². The highest BCUT2D eigenvalue weighted by atomic mass is 19.1. The summed E-state index contributed by atoms with van der Waals surface area (Å²) >= 11 is 0. The predicted octanol–water partition coefficient (Wildman–Crippen LogP) is 8.60. The summed E-state index contributed by atoms with van der Waals surface area (Å²) in [5, 5.41) is 0. The molecule has 1 atom stereocenters. The molecule has 4 aromatic carbocycles. The molecule has 162 valence electrons. The molecule has 0 amide bonds. The molecule has 0 radical (unpaired) electrons.